The van der Waals surface area contributed by atoms with Gasteiger partial charge < -0.3 is 9.84 Å². The molecule has 3 aromatic rings. The third-order valence-electron chi connectivity index (χ3n) is 4.78. The average Bonchev–Trinajstić information content (AvgIpc) is 3.14. The van der Waals surface area contributed by atoms with Crippen LogP contribution in [0, 0.1) is 0 Å². The van der Waals surface area contributed by atoms with Crippen LogP contribution in [0.5, 0.6) is 5.75 Å². The van der Waals surface area contributed by atoms with Crippen molar-refractivity contribution in [1.82, 2.24) is 4.68 Å². The minimum atomic E-state index is -0.886. The zero-order valence-electron chi connectivity index (χ0n) is 16.5. The highest BCUT2D eigenvalue weighted by molar-refractivity contribution is 6.02. The van der Waals surface area contributed by atoms with Crippen molar-refractivity contribution in [3.63, 3.8) is 0 Å². The second kappa shape index (κ2) is 9.10. The molecule has 0 unspecified atom stereocenters. The highest BCUT2D eigenvalue weighted by Crippen LogP contribution is 2.24. The lowest BCUT2D eigenvalue weighted by Gasteiger charge is -2.16. The molecule has 0 aliphatic heterocycles. The number of aliphatic carboxylic acids is 1. The number of benzene rings is 2. The van der Waals surface area contributed by atoms with Gasteiger partial charge in [-0.3, -0.25) is 19.7 Å². The van der Waals surface area contributed by atoms with Crippen molar-refractivity contribution in [2.45, 2.75) is 26.2 Å². The van der Waals surface area contributed by atoms with Crippen LogP contribution in [-0.2, 0) is 17.6 Å². The summed E-state index contributed by atoms with van der Waals surface area (Å²) in [5, 5.41) is 9.06. The number of methoxy groups -OCH3 is 1. The summed E-state index contributed by atoms with van der Waals surface area (Å²) in [7, 11) is 1.51. The second-order valence-electron chi connectivity index (χ2n) is 6.63. The van der Waals surface area contributed by atoms with E-state index in [4.69, 9.17) is 9.84 Å². The molecule has 0 aliphatic carbocycles. The summed E-state index contributed by atoms with van der Waals surface area (Å²) >= 11 is 0. The van der Waals surface area contributed by atoms with Gasteiger partial charge in [-0.15, -0.1) is 0 Å². The van der Waals surface area contributed by atoms with Crippen LogP contribution in [0.3, 0.4) is 0 Å². The summed E-state index contributed by atoms with van der Waals surface area (Å²) in [6.45, 7) is 2.09. The van der Waals surface area contributed by atoms with Crippen LogP contribution >= 0.6 is 0 Å². The summed E-state index contributed by atoms with van der Waals surface area (Å²) in [6, 6.07) is 18.8. The predicted octanol–water partition coefficient (Wildman–Crippen LogP) is 4.13. The van der Waals surface area contributed by atoms with E-state index in [1.54, 1.807) is 28.9 Å². The van der Waals surface area contributed by atoms with E-state index in [9.17, 15) is 9.59 Å². The number of rotatable bonds is 8. The maximum atomic E-state index is 12.9. The van der Waals surface area contributed by atoms with Crippen molar-refractivity contribution in [2.75, 3.05) is 12.5 Å². The Hall–Kier alpha value is -3.54. The number of carbonyl (C=O) groups is 2. The highest BCUT2D eigenvalue weighted by atomic mass is 16.5. The number of carbonyl (C=O) groups excluding carboxylic acids is 1. The van der Waals surface area contributed by atoms with Gasteiger partial charge in [0.15, 0.2) is 0 Å². The van der Waals surface area contributed by atoms with E-state index in [1.165, 1.54) is 12.7 Å². The Bertz CT molecular complexity index is 1010. The van der Waals surface area contributed by atoms with Gasteiger partial charge in [-0.1, -0.05) is 43.3 Å². The summed E-state index contributed by atoms with van der Waals surface area (Å²) < 4.78 is 6.95. The lowest BCUT2D eigenvalue weighted by Crippen LogP contribution is -2.26. The molecular formula is C23H24N2O4. The monoisotopic (exact) mass is 392 g/mol. The van der Waals surface area contributed by atoms with Gasteiger partial charge in [-0.05, 0) is 36.2 Å². The molecule has 2 aromatic carbocycles. The van der Waals surface area contributed by atoms with Gasteiger partial charge in [0, 0.05) is 17.7 Å². The molecule has 0 saturated carbocycles. The topological polar surface area (TPSA) is 80.6 Å². The first-order valence-corrected chi connectivity index (χ1v) is 9.49. The normalized spacial score (nSPS) is 10.6. The number of hydrogen-bond acceptors (Lipinski definition) is 3. The zero-order chi connectivity index (χ0) is 20.8. The molecular weight excluding hydrogens is 368 g/mol. The van der Waals surface area contributed by atoms with Crippen LogP contribution in [0.15, 0.2) is 60.7 Å². The molecule has 1 heterocycles. The first-order chi connectivity index (χ1) is 14.0. The molecule has 3 rings (SSSR count). The molecule has 0 saturated heterocycles. The summed E-state index contributed by atoms with van der Waals surface area (Å²) in [6.07, 6.45) is 1.22. The number of hydrogen-bond donors (Lipinski definition) is 2. The first-order valence-electron chi connectivity index (χ1n) is 9.49. The molecule has 150 valence electrons. The molecule has 0 aliphatic rings. The zero-order valence-corrected chi connectivity index (χ0v) is 16.5. The van der Waals surface area contributed by atoms with Crippen molar-refractivity contribution >= 4 is 11.9 Å². The Kier molecular flexibility index (Phi) is 6.34. The van der Waals surface area contributed by atoms with Gasteiger partial charge in [0.2, 0.25) is 0 Å². The number of carboxylic acids is 1. The smallest absolute Gasteiger partial charge is 0.303 e. The fourth-order valence-corrected chi connectivity index (χ4v) is 3.17. The standard InChI is InChI=1S/C23H24N2O4/c1-3-16-8-10-17(11-9-16)20-14-12-18(13-15-22(26)27)25(20)24-23(28)19-6-4-5-7-21(19)29-2/h4-12,14H,3,13,15H2,1-2H3,(H,24,28)(H,26,27). The van der Waals surface area contributed by atoms with Crippen molar-refractivity contribution in [3.8, 4) is 17.0 Å². The third kappa shape index (κ3) is 4.66. The summed E-state index contributed by atoms with van der Waals surface area (Å²) in [5.41, 5.74) is 6.96. The number of nitrogens with zero attached hydrogens (tertiary/aromatic N) is 1. The third-order valence-corrected chi connectivity index (χ3v) is 4.78. The van der Waals surface area contributed by atoms with Gasteiger partial charge in [0.1, 0.15) is 5.75 Å². The van der Waals surface area contributed by atoms with Crippen LogP contribution < -0.4 is 10.2 Å². The number of aryl methyl sites for hydroxylation is 2. The lowest BCUT2D eigenvalue weighted by atomic mass is 10.1. The number of ether oxygens (including phenoxy) is 1. The van der Waals surface area contributed by atoms with E-state index in [0.717, 1.165) is 17.7 Å². The minimum Gasteiger partial charge on any atom is -0.496 e. The van der Waals surface area contributed by atoms with Crippen LogP contribution in [0.4, 0.5) is 0 Å². The molecule has 6 nitrogen and oxygen atoms in total. The van der Waals surface area contributed by atoms with Crippen LogP contribution in [0.2, 0.25) is 0 Å². The second-order valence-corrected chi connectivity index (χ2v) is 6.63. The van der Waals surface area contributed by atoms with E-state index in [-0.39, 0.29) is 12.3 Å². The number of nitrogens with one attached hydrogen (secondary N) is 1. The number of aromatic nitrogens is 1. The van der Waals surface area contributed by atoms with Crippen molar-refractivity contribution < 1.29 is 19.4 Å². The lowest BCUT2D eigenvalue weighted by molar-refractivity contribution is -0.136. The maximum absolute atomic E-state index is 12.9. The van der Waals surface area contributed by atoms with Crippen LogP contribution in [0.1, 0.15) is 35.0 Å². The summed E-state index contributed by atoms with van der Waals surface area (Å²) in [5.74, 6) is -0.748. The van der Waals surface area contributed by atoms with Crippen molar-refractivity contribution in [3.05, 3.63) is 77.5 Å². The number of amides is 1. The predicted molar refractivity (Wildman–Crippen MR) is 112 cm³/mol. The molecule has 6 heteroatoms. The first kappa shape index (κ1) is 20.2. The molecule has 0 bridgehead atoms. The Labute approximate surface area is 169 Å². The van der Waals surface area contributed by atoms with Gasteiger partial charge in [0.25, 0.3) is 5.91 Å². The average molecular weight is 392 g/mol. The minimum absolute atomic E-state index is 0.0250. The Morgan fingerprint density at radius 3 is 2.41 bits per heavy atom. The molecule has 0 spiro atoms. The SMILES string of the molecule is CCc1ccc(-c2ccc(CCC(=O)O)n2NC(=O)c2ccccc2OC)cc1. The number of carboxylic acid groups (broad SMARTS) is 1. The quantitative estimate of drug-likeness (QED) is 0.604. The molecule has 1 amide bonds. The maximum Gasteiger partial charge on any atom is 0.303 e. The Balaban J connectivity index is 1.98. The number of para-hydroxylation sites is 1. The van der Waals surface area contributed by atoms with E-state index < -0.39 is 5.97 Å². The van der Waals surface area contributed by atoms with Crippen LogP contribution in [0.25, 0.3) is 11.3 Å². The summed E-state index contributed by atoms with van der Waals surface area (Å²) in [4.78, 5) is 24.0. The molecule has 0 fully saturated rings. The molecule has 0 radical (unpaired) electrons. The molecule has 29 heavy (non-hydrogen) atoms. The molecule has 2 N–H and O–H groups in total. The van der Waals surface area contributed by atoms with Gasteiger partial charge in [-0.25, -0.2) is 0 Å². The largest absolute Gasteiger partial charge is 0.496 e. The Morgan fingerprint density at radius 1 is 1.03 bits per heavy atom. The molecule has 1 aromatic heterocycles. The van der Waals surface area contributed by atoms with Gasteiger partial charge in [0.05, 0.1) is 24.8 Å². The van der Waals surface area contributed by atoms with Crippen molar-refractivity contribution in [2.24, 2.45) is 0 Å². The van der Waals surface area contributed by atoms with E-state index >= 15 is 0 Å². The van der Waals surface area contributed by atoms with Crippen LogP contribution in [-0.4, -0.2) is 28.8 Å². The molecule has 0 atom stereocenters. The fourth-order valence-electron chi connectivity index (χ4n) is 3.17. The fraction of sp³-hybridized carbons (Fsp3) is 0.217. The van der Waals surface area contributed by atoms with Gasteiger partial charge >= 0.3 is 5.97 Å². The van der Waals surface area contributed by atoms with E-state index in [0.29, 0.717) is 23.4 Å². The van der Waals surface area contributed by atoms with E-state index in [1.807, 2.05) is 36.4 Å². The highest BCUT2D eigenvalue weighted by Gasteiger charge is 2.17. The van der Waals surface area contributed by atoms with Crippen molar-refractivity contribution in [1.29, 1.82) is 0 Å². The van der Waals surface area contributed by atoms with Gasteiger partial charge in [-0.2, -0.15) is 0 Å². The van der Waals surface area contributed by atoms with E-state index in [2.05, 4.69) is 12.3 Å². The Morgan fingerprint density at radius 2 is 1.76 bits per heavy atom.